The van der Waals surface area contributed by atoms with Crippen molar-refractivity contribution in [1.82, 2.24) is 10.0 Å². The minimum absolute atomic E-state index is 0.0875. The van der Waals surface area contributed by atoms with Gasteiger partial charge in [-0.2, -0.15) is 0 Å². The Morgan fingerprint density at radius 3 is 2.00 bits per heavy atom. The van der Waals surface area contributed by atoms with Crippen molar-refractivity contribution in [3.05, 3.63) is 71.8 Å². The molecule has 0 unspecified atom stereocenters. The molecule has 32 heavy (non-hydrogen) atoms. The van der Waals surface area contributed by atoms with Gasteiger partial charge in [-0.1, -0.05) is 74.5 Å². The largest absolute Gasteiger partial charge is 0.458 e. The number of carbonyl (C=O) groups is 3. The summed E-state index contributed by atoms with van der Waals surface area (Å²) in [5, 5.41) is 2.75. The van der Waals surface area contributed by atoms with Gasteiger partial charge >= 0.3 is 12.1 Å². The van der Waals surface area contributed by atoms with Gasteiger partial charge in [0, 0.05) is 25.4 Å². The van der Waals surface area contributed by atoms with Crippen LogP contribution in [-0.4, -0.2) is 47.2 Å². The third kappa shape index (κ3) is 6.33. The summed E-state index contributed by atoms with van der Waals surface area (Å²) in [7, 11) is 0. The number of carbonyl (C=O) groups excluding carboxylic acids is 3. The van der Waals surface area contributed by atoms with E-state index in [1.54, 1.807) is 13.8 Å². The highest BCUT2D eigenvalue weighted by atomic mass is 16.6. The lowest BCUT2D eigenvalue weighted by molar-refractivity contribution is -0.160. The van der Waals surface area contributed by atoms with Gasteiger partial charge in [0.05, 0.1) is 0 Å². The molecule has 2 aromatic rings. The predicted molar refractivity (Wildman–Crippen MR) is 119 cm³/mol. The molecule has 170 valence electrons. The fraction of sp³-hybridized carbons (Fsp3) is 0.400. The molecule has 1 aliphatic heterocycles. The van der Waals surface area contributed by atoms with Gasteiger partial charge in [-0.25, -0.2) is 19.6 Å². The van der Waals surface area contributed by atoms with Gasteiger partial charge in [-0.15, -0.1) is 0 Å². The van der Waals surface area contributed by atoms with Crippen molar-refractivity contribution in [3.8, 4) is 0 Å². The van der Waals surface area contributed by atoms with E-state index in [1.165, 1.54) is 10.0 Å². The van der Waals surface area contributed by atoms with Crippen LogP contribution in [0.5, 0.6) is 0 Å². The third-order valence-corrected chi connectivity index (χ3v) is 5.23. The molecule has 3 rings (SSSR count). The van der Waals surface area contributed by atoms with Crippen LogP contribution in [0.1, 0.15) is 37.8 Å². The van der Waals surface area contributed by atoms with Crippen LogP contribution >= 0.6 is 0 Å². The SMILES string of the molecule is CC(C)C(=O)N1CCCCN1C(=O)O[C@@H](Cc1ccccc1)C(=O)OCc1ccccc1. The molecule has 0 aliphatic carbocycles. The van der Waals surface area contributed by atoms with E-state index in [-0.39, 0.29) is 24.9 Å². The lowest BCUT2D eigenvalue weighted by atomic mass is 10.1. The smallest absolute Gasteiger partial charge is 0.429 e. The summed E-state index contributed by atoms with van der Waals surface area (Å²) < 4.78 is 11.1. The van der Waals surface area contributed by atoms with Crippen molar-refractivity contribution in [2.75, 3.05) is 13.1 Å². The number of amides is 2. The van der Waals surface area contributed by atoms with Gasteiger partial charge < -0.3 is 9.47 Å². The van der Waals surface area contributed by atoms with Gasteiger partial charge in [0.15, 0.2) is 0 Å². The van der Waals surface area contributed by atoms with Gasteiger partial charge in [-0.3, -0.25) is 4.79 Å². The zero-order valence-electron chi connectivity index (χ0n) is 18.6. The molecule has 0 radical (unpaired) electrons. The van der Waals surface area contributed by atoms with E-state index < -0.39 is 18.2 Å². The van der Waals surface area contributed by atoms with Gasteiger partial charge in [0.2, 0.25) is 12.0 Å². The summed E-state index contributed by atoms with van der Waals surface area (Å²) in [5.74, 6) is -1.02. The fourth-order valence-corrected chi connectivity index (χ4v) is 3.49. The van der Waals surface area contributed by atoms with E-state index in [1.807, 2.05) is 60.7 Å². The second kappa shape index (κ2) is 11.3. The molecule has 0 spiro atoms. The molecule has 2 amide bonds. The quantitative estimate of drug-likeness (QED) is 0.612. The zero-order chi connectivity index (χ0) is 22.9. The van der Waals surface area contributed by atoms with E-state index in [2.05, 4.69) is 0 Å². The summed E-state index contributed by atoms with van der Waals surface area (Å²) in [6.07, 6.45) is -0.0671. The van der Waals surface area contributed by atoms with Crippen LogP contribution in [-0.2, 0) is 32.1 Å². The molecule has 0 saturated carbocycles. The lowest BCUT2D eigenvalue weighted by Crippen LogP contribution is -2.55. The minimum Gasteiger partial charge on any atom is -0.458 e. The maximum absolute atomic E-state index is 13.0. The number of benzene rings is 2. The molecular formula is C25H30N2O5. The lowest BCUT2D eigenvalue weighted by Gasteiger charge is -2.38. The van der Waals surface area contributed by atoms with Crippen LogP contribution in [0.4, 0.5) is 4.79 Å². The van der Waals surface area contributed by atoms with Gasteiger partial charge in [0.1, 0.15) is 6.61 Å². The number of hydrazine groups is 1. The van der Waals surface area contributed by atoms with Crippen LogP contribution in [0, 0.1) is 5.92 Å². The van der Waals surface area contributed by atoms with E-state index in [9.17, 15) is 14.4 Å². The Bertz CT molecular complexity index is 901. The first-order valence-corrected chi connectivity index (χ1v) is 11.0. The molecule has 0 aromatic heterocycles. The third-order valence-electron chi connectivity index (χ3n) is 5.23. The second-order valence-corrected chi connectivity index (χ2v) is 8.10. The monoisotopic (exact) mass is 438 g/mol. The van der Waals surface area contributed by atoms with Crippen molar-refractivity contribution in [3.63, 3.8) is 0 Å². The maximum atomic E-state index is 13.0. The number of esters is 1. The Labute approximate surface area is 188 Å². The summed E-state index contributed by atoms with van der Waals surface area (Å²) in [4.78, 5) is 38.4. The zero-order valence-corrected chi connectivity index (χ0v) is 18.6. The molecule has 1 saturated heterocycles. The fourth-order valence-electron chi connectivity index (χ4n) is 3.49. The Hall–Kier alpha value is -3.35. The molecule has 2 aromatic carbocycles. The Morgan fingerprint density at radius 2 is 1.41 bits per heavy atom. The van der Waals surface area contributed by atoms with Crippen molar-refractivity contribution in [1.29, 1.82) is 0 Å². The maximum Gasteiger partial charge on any atom is 0.429 e. The highest BCUT2D eigenvalue weighted by Gasteiger charge is 2.34. The molecule has 0 bridgehead atoms. The standard InChI is InChI=1S/C25H30N2O5/c1-19(2)23(28)26-15-9-10-16-27(26)25(30)32-22(17-20-11-5-3-6-12-20)24(29)31-18-21-13-7-4-8-14-21/h3-8,11-14,19,22H,9-10,15-18H2,1-2H3/t22-/m0/s1. The molecule has 1 aliphatic rings. The van der Waals surface area contributed by atoms with Crippen LogP contribution in [0.3, 0.4) is 0 Å². The number of hydrogen-bond donors (Lipinski definition) is 0. The van der Waals surface area contributed by atoms with Crippen LogP contribution in [0.25, 0.3) is 0 Å². The van der Waals surface area contributed by atoms with Crippen molar-refractivity contribution in [2.24, 2.45) is 5.92 Å². The first-order valence-electron chi connectivity index (χ1n) is 11.0. The molecular weight excluding hydrogens is 408 g/mol. The molecule has 0 N–H and O–H groups in total. The van der Waals surface area contributed by atoms with Crippen molar-refractivity contribution < 1.29 is 23.9 Å². The molecule has 1 fully saturated rings. The Morgan fingerprint density at radius 1 is 0.844 bits per heavy atom. The molecule has 1 heterocycles. The van der Waals surface area contributed by atoms with Crippen molar-refractivity contribution in [2.45, 2.75) is 45.8 Å². The first-order chi connectivity index (χ1) is 15.5. The normalized spacial score (nSPS) is 14.7. The topological polar surface area (TPSA) is 76.2 Å². The predicted octanol–water partition coefficient (Wildman–Crippen LogP) is 3.97. The average molecular weight is 439 g/mol. The number of ether oxygens (including phenoxy) is 2. The number of rotatable bonds is 7. The molecule has 7 heteroatoms. The van der Waals surface area contributed by atoms with Crippen molar-refractivity contribution >= 4 is 18.0 Å². The highest BCUT2D eigenvalue weighted by molar-refractivity contribution is 5.83. The first kappa shape index (κ1) is 23.3. The average Bonchev–Trinajstić information content (AvgIpc) is 2.82. The van der Waals surface area contributed by atoms with Gasteiger partial charge in [0.25, 0.3) is 0 Å². The van der Waals surface area contributed by atoms with E-state index in [4.69, 9.17) is 9.47 Å². The Kier molecular flexibility index (Phi) is 8.25. The summed E-state index contributed by atoms with van der Waals surface area (Å²) in [5.41, 5.74) is 1.69. The number of nitrogens with zero attached hydrogens (tertiary/aromatic N) is 2. The van der Waals surface area contributed by atoms with E-state index in [0.29, 0.717) is 13.1 Å². The highest BCUT2D eigenvalue weighted by Crippen LogP contribution is 2.18. The molecule has 1 atom stereocenters. The van der Waals surface area contributed by atoms with E-state index >= 15 is 0 Å². The van der Waals surface area contributed by atoms with E-state index in [0.717, 1.165) is 24.0 Å². The minimum atomic E-state index is -1.12. The molecule has 7 nitrogen and oxygen atoms in total. The van der Waals surface area contributed by atoms with Crippen LogP contribution < -0.4 is 0 Å². The van der Waals surface area contributed by atoms with Crippen LogP contribution in [0.2, 0.25) is 0 Å². The summed E-state index contributed by atoms with van der Waals surface area (Å²) >= 11 is 0. The summed E-state index contributed by atoms with van der Waals surface area (Å²) in [6.45, 7) is 4.49. The second-order valence-electron chi connectivity index (χ2n) is 8.10. The Balaban J connectivity index is 1.72. The van der Waals surface area contributed by atoms with Crippen LogP contribution in [0.15, 0.2) is 60.7 Å². The summed E-state index contributed by atoms with van der Waals surface area (Å²) in [6, 6.07) is 18.6. The van der Waals surface area contributed by atoms with Gasteiger partial charge in [-0.05, 0) is 24.0 Å². The number of hydrogen-bond acceptors (Lipinski definition) is 5.